The van der Waals surface area contributed by atoms with E-state index in [1.54, 1.807) is 43.8 Å². The summed E-state index contributed by atoms with van der Waals surface area (Å²) in [5, 5.41) is 2.88. The highest BCUT2D eigenvalue weighted by molar-refractivity contribution is 5.81. The molecule has 0 spiro atoms. The summed E-state index contributed by atoms with van der Waals surface area (Å²) in [5.74, 6) is 1.27. The Balaban J connectivity index is 1.90. The van der Waals surface area contributed by atoms with Crippen LogP contribution in [0, 0.1) is 0 Å². The molecule has 0 saturated carbocycles. The lowest BCUT2D eigenvalue weighted by Gasteiger charge is -2.17. The van der Waals surface area contributed by atoms with Crippen LogP contribution in [0.2, 0.25) is 0 Å². The van der Waals surface area contributed by atoms with E-state index in [-0.39, 0.29) is 5.91 Å². The summed E-state index contributed by atoms with van der Waals surface area (Å²) in [6.07, 6.45) is 3.48. The fourth-order valence-electron chi connectivity index (χ4n) is 1.94. The molecule has 1 amide bonds. The SMILES string of the molecule is CCC(Oc1ccc(OC)cc1)C(=O)NCc1ccncc1. The molecule has 0 aliphatic rings. The molecule has 0 saturated heterocycles. The van der Waals surface area contributed by atoms with E-state index in [1.165, 1.54) is 0 Å². The Bertz CT molecular complexity index is 585. The first kappa shape index (κ1) is 15.8. The van der Waals surface area contributed by atoms with Gasteiger partial charge in [0.05, 0.1) is 7.11 Å². The number of benzene rings is 1. The number of aromatic nitrogens is 1. The fraction of sp³-hybridized carbons (Fsp3) is 0.294. The van der Waals surface area contributed by atoms with E-state index >= 15 is 0 Å². The maximum Gasteiger partial charge on any atom is 0.261 e. The van der Waals surface area contributed by atoms with Gasteiger partial charge in [0, 0.05) is 18.9 Å². The molecule has 0 bridgehead atoms. The van der Waals surface area contributed by atoms with Crippen LogP contribution in [-0.2, 0) is 11.3 Å². The van der Waals surface area contributed by atoms with E-state index in [0.29, 0.717) is 18.7 Å². The van der Waals surface area contributed by atoms with Gasteiger partial charge < -0.3 is 14.8 Å². The highest BCUT2D eigenvalue weighted by atomic mass is 16.5. The monoisotopic (exact) mass is 300 g/mol. The summed E-state index contributed by atoms with van der Waals surface area (Å²) in [7, 11) is 1.61. The molecule has 0 aliphatic carbocycles. The quantitative estimate of drug-likeness (QED) is 0.853. The zero-order valence-corrected chi connectivity index (χ0v) is 12.8. The van der Waals surface area contributed by atoms with Gasteiger partial charge in [0.2, 0.25) is 0 Å². The number of hydrogen-bond donors (Lipinski definition) is 1. The molecule has 5 heteroatoms. The van der Waals surface area contributed by atoms with Crippen molar-refractivity contribution in [2.24, 2.45) is 0 Å². The molecule has 0 fully saturated rings. The van der Waals surface area contributed by atoms with Gasteiger partial charge in [-0.05, 0) is 48.4 Å². The minimum absolute atomic E-state index is 0.130. The van der Waals surface area contributed by atoms with E-state index in [0.717, 1.165) is 11.3 Å². The van der Waals surface area contributed by atoms with E-state index < -0.39 is 6.10 Å². The Labute approximate surface area is 130 Å². The van der Waals surface area contributed by atoms with Gasteiger partial charge in [0.25, 0.3) is 5.91 Å². The molecule has 2 rings (SSSR count). The van der Waals surface area contributed by atoms with Gasteiger partial charge in [-0.2, -0.15) is 0 Å². The molecule has 1 aromatic heterocycles. The zero-order valence-electron chi connectivity index (χ0n) is 12.8. The molecule has 5 nitrogen and oxygen atoms in total. The summed E-state index contributed by atoms with van der Waals surface area (Å²) in [5.41, 5.74) is 1.00. The zero-order chi connectivity index (χ0) is 15.8. The second-order valence-electron chi connectivity index (χ2n) is 4.76. The van der Waals surface area contributed by atoms with Crippen molar-refractivity contribution in [1.29, 1.82) is 0 Å². The number of rotatable bonds is 7. The number of nitrogens with zero attached hydrogens (tertiary/aromatic N) is 1. The van der Waals surface area contributed by atoms with E-state index in [9.17, 15) is 4.79 Å². The van der Waals surface area contributed by atoms with Crippen LogP contribution in [0.3, 0.4) is 0 Å². The van der Waals surface area contributed by atoms with Crippen molar-refractivity contribution in [2.45, 2.75) is 26.0 Å². The fourth-order valence-corrected chi connectivity index (χ4v) is 1.94. The Morgan fingerprint density at radius 2 is 1.77 bits per heavy atom. The first-order valence-electron chi connectivity index (χ1n) is 7.20. The van der Waals surface area contributed by atoms with Gasteiger partial charge in [-0.15, -0.1) is 0 Å². The Morgan fingerprint density at radius 3 is 2.36 bits per heavy atom. The summed E-state index contributed by atoms with van der Waals surface area (Å²) in [6.45, 7) is 2.38. The molecule has 2 aromatic rings. The smallest absolute Gasteiger partial charge is 0.261 e. The number of pyridine rings is 1. The van der Waals surface area contributed by atoms with Crippen molar-refractivity contribution in [2.75, 3.05) is 7.11 Å². The minimum Gasteiger partial charge on any atom is -0.497 e. The number of nitrogens with one attached hydrogen (secondary N) is 1. The number of carbonyl (C=O) groups is 1. The molecule has 1 aromatic carbocycles. The van der Waals surface area contributed by atoms with Crippen molar-refractivity contribution in [1.82, 2.24) is 10.3 Å². The third-order valence-electron chi connectivity index (χ3n) is 3.22. The summed E-state index contributed by atoms with van der Waals surface area (Å²) in [4.78, 5) is 16.1. The van der Waals surface area contributed by atoms with Crippen LogP contribution in [0.4, 0.5) is 0 Å². The molecule has 0 radical (unpaired) electrons. The lowest BCUT2D eigenvalue weighted by atomic mass is 10.2. The van der Waals surface area contributed by atoms with Gasteiger partial charge in [0.15, 0.2) is 6.10 Å². The predicted molar refractivity (Wildman–Crippen MR) is 83.8 cm³/mol. The Kier molecular flexibility index (Phi) is 5.77. The molecule has 1 N–H and O–H groups in total. The second-order valence-corrected chi connectivity index (χ2v) is 4.76. The van der Waals surface area contributed by atoms with Crippen LogP contribution in [0.1, 0.15) is 18.9 Å². The lowest BCUT2D eigenvalue weighted by molar-refractivity contribution is -0.128. The molecule has 1 heterocycles. The molecular weight excluding hydrogens is 280 g/mol. The van der Waals surface area contributed by atoms with Gasteiger partial charge in [-0.1, -0.05) is 6.92 Å². The third kappa shape index (κ3) is 4.48. The topological polar surface area (TPSA) is 60.5 Å². The lowest BCUT2D eigenvalue weighted by Crippen LogP contribution is -2.37. The number of ether oxygens (including phenoxy) is 2. The molecular formula is C17H20N2O3. The summed E-state index contributed by atoms with van der Waals surface area (Å²) >= 11 is 0. The number of methoxy groups -OCH3 is 1. The molecule has 0 aliphatic heterocycles. The van der Waals surface area contributed by atoms with Crippen LogP contribution in [0.15, 0.2) is 48.8 Å². The van der Waals surface area contributed by atoms with Crippen LogP contribution >= 0.6 is 0 Å². The van der Waals surface area contributed by atoms with Crippen LogP contribution in [0.25, 0.3) is 0 Å². The van der Waals surface area contributed by atoms with Crippen molar-refractivity contribution in [3.8, 4) is 11.5 Å². The van der Waals surface area contributed by atoms with Crippen molar-refractivity contribution < 1.29 is 14.3 Å². The van der Waals surface area contributed by atoms with Crippen molar-refractivity contribution in [3.05, 3.63) is 54.4 Å². The van der Waals surface area contributed by atoms with Gasteiger partial charge in [0.1, 0.15) is 11.5 Å². The number of amides is 1. The van der Waals surface area contributed by atoms with E-state index in [2.05, 4.69) is 10.3 Å². The Hall–Kier alpha value is -2.56. The summed E-state index contributed by atoms with van der Waals surface area (Å²) in [6, 6.07) is 10.9. The van der Waals surface area contributed by atoms with E-state index in [1.807, 2.05) is 19.1 Å². The largest absolute Gasteiger partial charge is 0.497 e. The first-order valence-corrected chi connectivity index (χ1v) is 7.20. The maximum absolute atomic E-state index is 12.2. The standard InChI is InChI=1S/C17H20N2O3/c1-3-16(22-15-6-4-14(21-2)5-7-15)17(20)19-12-13-8-10-18-11-9-13/h4-11,16H,3,12H2,1-2H3,(H,19,20). The highest BCUT2D eigenvalue weighted by Crippen LogP contribution is 2.19. The third-order valence-corrected chi connectivity index (χ3v) is 3.22. The van der Waals surface area contributed by atoms with Crippen molar-refractivity contribution in [3.63, 3.8) is 0 Å². The van der Waals surface area contributed by atoms with E-state index in [4.69, 9.17) is 9.47 Å². The van der Waals surface area contributed by atoms with Crippen LogP contribution in [0.5, 0.6) is 11.5 Å². The average Bonchev–Trinajstić information content (AvgIpc) is 2.59. The average molecular weight is 300 g/mol. The number of hydrogen-bond acceptors (Lipinski definition) is 4. The highest BCUT2D eigenvalue weighted by Gasteiger charge is 2.17. The molecule has 22 heavy (non-hydrogen) atoms. The second kappa shape index (κ2) is 8.02. The number of carbonyl (C=O) groups excluding carboxylic acids is 1. The van der Waals surface area contributed by atoms with Crippen LogP contribution < -0.4 is 14.8 Å². The van der Waals surface area contributed by atoms with Crippen LogP contribution in [-0.4, -0.2) is 24.1 Å². The molecule has 116 valence electrons. The van der Waals surface area contributed by atoms with Gasteiger partial charge >= 0.3 is 0 Å². The Morgan fingerprint density at radius 1 is 1.14 bits per heavy atom. The predicted octanol–water partition coefficient (Wildman–Crippen LogP) is 2.56. The van der Waals surface area contributed by atoms with Gasteiger partial charge in [-0.3, -0.25) is 9.78 Å². The molecule has 1 unspecified atom stereocenters. The van der Waals surface area contributed by atoms with Crippen molar-refractivity contribution >= 4 is 5.91 Å². The normalized spacial score (nSPS) is 11.5. The minimum atomic E-state index is -0.518. The first-order chi connectivity index (χ1) is 10.7. The molecule has 1 atom stereocenters. The maximum atomic E-state index is 12.2. The summed E-state index contributed by atoms with van der Waals surface area (Å²) < 4.78 is 10.8. The van der Waals surface area contributed by atoms with Gasteiger partial charge in [-0.25, -0.2) is 0 Å².